The molecule has 1 N–H and O–H groups in total. The predicted octanol–water partition coefficient (Wildman–Crippen LogP) is 3.03. The van der Waals surface area contributed by atoms with Crippen LogP contribution in [0.3, 0.4) is 0 Å². The number of ether oxygens (including phenoxy) is 3. The van der Waals surface area contributed by atoms with Crippen molar-refractivity contribution in [2.24, 2.45) is 0 Å². The number of hydrogen-bond acceptors (Lipinski definition) is 4. The lowest BCUT2D eigenvalue weighted by molar-refractivity contribution is -0.123. The zero-order valence-electron chi connectivity index (χ0n) is 12.8. The zero-order chi connectivity index (χ0) is 16.5. The molecule has 0 unspecified atom stereocenters. The second-order valence-electron chi connectivity index (χ2n) is 4.57. The number of hydrogen-bond donors (Lipinski definition) is 1. The molecule has 0 fully saturated rings. The number of para-hydroxylation sites is 3. The molecule has 0 spiro atoms. The molecule has 1 amide bonds. The van der Waals surface area contributed by atoms with Crippen molar-refractivity contribution >= 4 is 21.8 Å². The highest BCUT2D eigenvalue weighted by molar-refractivity contribution is 9.10. The Morgan fingerprint density at radius 3 is 2.35 bits per heavy atom. The lowest BCUT2D eigenvalue weighted by atomic mass is 10.3. The van der Waals surface area contributed by atoms with Gasteiger partial charge in [0.15, 0.2) is 18.1 Å². The topological polar surface area (TPSA) is 56.8 Å². The van der Waals surface area contributed by atoms with Gasteiger partial charge in [0.1, 0.15) is 12.4 Å². The van der Waals surface area contributed by atoms with E-state index in [1.807, 2.05) is 42.5 Å². The molecule has 0 bridgehead atoms. The maximum Gasteiger partial charge on any atom is 0.258 e. The van der Waals surface area contributed by atoms with Gasteiger partial charge in [-0.25, -0.2) is 0 Å². The van der Waals surface area contributed by atoms with Crippen LogP contribution >= 0.6 is 15.9 Å². The van der Waals surface area contributed by atoms with Crippen LogP contribution in [0.5, 0.6) is 17.2 Å². The van der Waals surface area contributed by atoms with Crippen molar-refractivity contribution in [2.45, 2.75) is 0 Å². The van der Waals surface area contributed by atoms with Crippen LogP contribution in [-0.4, -0.2) is 32.8 Å². The van der Waals surface area contributed by atoms with E-state index in [1.54, 1.807) is 13.2 Å². The van der Waals surface area contributed by atoms with Crippen molar-refractivity contribution in [3.8, 4) is 17.2 Å². The number of carbonyl (C=O) groups excluding carboxylic acids is 1. The summed E-state index contributed by atoms with van der Waals surface area (Å²) < 4.78 is 17.0. The Kier molecular flexibility index (Phi) is 6.75. The second kappa shape index (κ2) is 9.05. The third kappa shape index (κ3) is 5.49. The minimum absolute atomic E-state index is 0.0444. The third-order valence-electron chi connectivity index (χ3n) is 2.95. The summed E-state index contributed by atoms with van der Waals surface area (Å²) >= 11 is 3.36. The van der Waals surface area contributed by atoms with Gasteiger partial charge < -0.3 is 19.5 Å². The highest BCUT2D eigenvalue weighted by Gasteiger charge is 2.06. The summed E-state index contributed by atoms with van der Waals surface area (Å²) in [6.07, 6.45) is 0. The van der Waals surface area contributed by atoms with Crippen molar-refractivity contribution in [3.63, 3.8) is 0 Å². The quantitative estimate of drug-likeness (QED) is 0.716. The summed E-state index contributed by atoms with van der Waals surface area (Å²) in [5.74, 6) is 1.74. The summed E-state index contributed by atoms with van der Waals surface area (Å²) in [4.78, 5) is 11.7. The van der Waals surface area contributed by atoms with Gasteiger partial charge >= 0.3 is 0 Å². The molecular weight excluding hydrogens is 362 g/mol. The number of halogens is 1. The Morgan fingerprint density at radius 1 is 1.00 bits per heavy atom. The number of rotatable bonds is 8. The lowest BCUT2D eigenvalue weighted by Crippen LogP contribution is -2.32. The summed E-state index contributed by atoms with van der Waals surface area (Å²) in [5.41, 5.74) is 0. The van der Waals surface area contributed by atoms with Crippen LogP contribution < -0.4 is 19.5 Å². The molecule has 0 saturated carbocycles. The highest BCUT2D eigenvalue weighted by atomic mass is 79.9. The average Bonchev–Trinajstić information content (AvgIpc) is 2.58. The Labute approximate surface area is 143 Å². The molecule has 5 nitrogen and oxygen atoms in total. The number of carbonyl (C=O) groups is 1. The number of amides is 1. The molecule has 2 rings (SSSR count). The van der Waals surface area contributed by atoms with E-state index in [0.717, 1.165) is 4.47 Å². The first kappa shape index (κ1) is 17.1. The van der Waals surface area contributed by atoms with Crippen LogP contribution in [0.15, 0.2) is 53.0 Å². The van der Waals surface area contributed by atoms with Crippen LogP contribution in [0.25, 0.3) is 0 Å². The number of methoxy groups -OCH3 is 1. The first-order valence-corrected chi connectivity index (χ1v) is 7.90. The van der Waals surface area contributed by atoms with Gasteiger partial charge in [0.2, 0.25) is 0 Å². The fraction of sp³-hybridized carbons (Fsp3) is 0.235. The molecule has 23 heavy (non-hydrogen) atoms. The van der Waals surface area contributed by atoms with Gasteiger partial charge in [-0.15, -0.1) is 0 Å². The van der Waals surface area contributed by atoms with Crippen LogP contribution in [0.1, 0.15) is 0 Å². The first-order chi connectivity index (χ1) is 11.2. The molecule has 0 radical (unpaired) electrons. The van der Waals surface area contributed by atoms with Crippen molar-refractivity contribution in [2.75, 3.05) is 26.9 Å². The fourth-order valence-corrected chi connectivity index (χ4v) is 2.24. The summed E-state index contributed by atoms with van der Waals surface area (Å²) in [7, 11) is 1.59. The highest BCUT2D eigenvalue weighted by Crippen LogP contribution is 2.25. The van der Waals surface area contributed by atoms with Crippen molar-refractivity contribution in [1.29, 1.82) is 0 Å². The maximum absolute atomic E-state index is 11.7. The van der Waals surface area contributed by atoms with Crippen LogP contribution in [0, 0.1) is 0 Å². The van der Waals surface area contributed by atoms with Gasteiger partial charge in [-0.3, -0.25) is 4.79 Å². The van der Waals surface area contributed by atoms with Gasteiger partial charge in [-0.05, 0) is 40.2 Å². The number of benzene rings is 2. The van der Waals surface area contributed by atoms with E-state index < -0.39 is 0 Å². The largest absolute Gasteiger partial charge is 0.493 e. The van der Waals surface area contributed by atoms with Crippen molar-refractivity contribution in [1.82, 2.24) is 5.32 Å². The molecule has 0 aliphatic rings. The molecule has 0 atom stereocenters. The monoisotopic (exact) mass is 379 g/mol. The van der Waals surface area contributed by atoms with Crippen molar-refractivity contribution in [3.05, 3.63) is 53.0 Å². The van der Waals surface area contributed by atoms with Crippen LogP contribution in [0.2, 0.25) is 0 Å². The normalized spacial score (nSPS) is 10.0. The van der Waals surface area contributed by atoms with Gasteiger partial charge in [0.25, 0.3) is 5.91 Å². The summed E-state index contributed by atoms with van der Waals surface area (Å²) in [5, 5.41) is 2.74. The molecule has 6 heteroatoms. The minimum atomic E-state index is -0.204. The molecular formula is C17H18BrNO4. The second-order valence-corrected chi connectivity index (χ2v) is 5.42. The van der Waals surface area contributed by atoms with Gasteiger partial charge in [-0.1, -0.05) is 24.3 Å². The molecule has 0 heterocycles. The van der Waals surface area contributed by atoms with Crippen LogP contribution in [-0.2, 0) is 4.79 Å². The molecule has 0 aliphatic heterocycles. The van der Waals surface area contributed by atoms with E-state index in [4.69, 9.17) is 14.2 Å². The molecule has 2 aromatic rings. The van der Waals surface area contributed by atoms with E-state index in [9.17, 15) is 4.79 Å². The van der Waals surface area contributed by atoms with Gasteiger partial charge in [-0.2, -0.15) is 0 Å². The van der Waals surface area contributed by atoms with Crippen molar-refractivity contribution < 1.29 is 19.0 Å². The van der Waals surface area contributed by atoms with E-state index >= 15 is 0 Å². The molecule has 0 saturated heterocycles. The average molecular weight is 380 g/mol. The third-order valence-corrected chi connectivity index (χ3v) is 3.60. The molecule has 0 aromatic heterocycles. The summed E-state index contributed by atoms with van der Waals surface area (Å²) in [6.45, 7) is 0.689. The minimum Gasteiger partial charge on any atom is -0.493 e. The van der Waals surface area contributed by atoms with E-state index in [2.05, 4.69) is 21.2 Å². The molecule has 122 valence electrons. The van der Waals surface area contributed by atoms with Gasteiger partial charge in [0.05, 0.1) is 18.1 Å². The van der Waals surface area contributed by atoms with E-state index in [-0.39, 0.29) is 12.5 Å². The Balaban J connectivity index is 1.68. The predicted molar refractivity (Wildman–Crippen MR) is 91.1 cm³/mol. The Bertz CT molecular complexity index is 648. The maximum atomic E-state index is 11.7. The standard InChI is InChI=1S/C17H18BrNO4/c1-21-15-8-4-5-9-16(15)22-11-10-19-17(20)12-23-14-7-3-2-6-13(14)18/h2-9H,10-12H2,1H3,(H,19,20). The van der Waals surface area contributed by atoms with Gasteiger partial charge in [0, 0.05) is 0 Å². The van der Waals surface area contributed by atoms with E-state index in [1.165, 1.54) is 0 Å². The molecule has 0 aliphatic carbocycles. The Morgan fingerprint density at radius 2 is 1.65 bits per heavy atom. The number of nitrogens with one attached hydrogen (secondary N) is 1. The first-order valence-electron chi connectivity index (χ1n) is 7.10. The fourth-order valence-electron chi connectivity index (χ4n) is 1.85. The SMILES string of the molecule is COc1ccccc1OCCNC(=O)COc1ccccc1Br. The van der Waals surface area contributed by atoms with E-state index in [0.29, 0.717) is 30.4 Å². The molecule has 2 aromatic carbocycles. The van der Waals surface area contributed by atoms with Crippen LogP contribution in [0.4, 0.5) is 0 Å². The Hall–Kier alpha value is -2.21. The smallest absolute Gasteiger partial charge is 0.258 e. The zero-order valence-corrected chi connectivity index (χ0v) is 14.3. The lowest BCUT2D eigenvalue weighted by Gasteiger charge is -2.11. The summed E-state index contributed by atoms with van der Waals surface area (Å²) in [6, 6.07) is 14.7.